The molecule has 1 saturated carbocycles. The molecule has 1 amide bonds. The summed E-state index contributed by atoms with van der Waals surface area (Å²) in [5, 5.41) is 15.8. The molecule has 0 spiro atoms. The number of benzene rings is 1. The molecule has 1 aromatic carbocycles. The number of amides is 1. The van der Waals surface area contributed by atoms with E-state index >= 15 is 0 Å². The zero-order valence-corrected chi connectivity index (χ0v) is 19.6. The number of carbonyl (C=O) groups excluding carboxylic acids is 1. The van der Waals surface area contributed by atoms with Gasteiger partial charge >= 0.3 is 0 Å². The van der Waals surface area contributed by atoms with E-state index in [9.17, 15) is 4.79 Å². The maximum Gasteiger partial charge on any atom is 0.231 e. The van der Waals surface area contributed by atoms with Crippen LogP contribution in [0, 0.1) is 0 Å². The molecule has 2 aromatic rings. The fourth-order valence-electron chi connectivity index (χ4n) is 4.58. The Bertz CT molecular complexity index is 942. The molecular formula is C22H28N4O4S2. The van der Waals surface area contributed by atoms with E-state index in [1.165, 1.54) is 23.1 Å². The van der Waals surface area contributed by atoms with E-state index < -0.39 is 0 Å². The molecule has 0 bridgehead atoms. The number of fused-ring (bicyclic) bond motifs is 1. The van der Waals surface area contributed by atoms with Gasteiger partial charge in [-0.25, -0.2) is 0 Å². The van der Waals surface area contributed by atoms with Gasteiger partial charge in [-0.15, -0.1) is 10.2 Å². The first-order valence-corrected chi connectivity index (χ1v) is 13.0. The van der Waals surface area contributed by atoms with Crippen LogP contribution in [0.15, 0.2) is 22.5 Å². The number of ether oxygens (including phenoxy) is 3. The monoisotopic (exact) mass is 476 g/mol. The fraction of sp³-hybridized carbons (Fsp3) is 0.591. The number of aromatic nitrogens is 2. The lowest BCUT2D eigenvalue weighted by atomic mass is 9.87. The highest BCUT2D eigenvalue weighted by Crippen LogP contribution is 2.42. The fourth-order valence-corrected chi connectivity index (χ4v) is 6.14. The second-order valence-electron chi connectivity index (χ2n) is 8.37. The molecule has 2 aliphatic heterocycles. The Kier molecular flexibility index (Phi) is 6.70. The molecule has 1 saturated heterocycles. The van der Waals surface area contributed by atoms with Crippen molar-refractivity contribution in [3.63, 3.8) is 0 Å². The second-order valence-corrected chi connectivity index (χ2v) is 10.6. The van der Waals surface area contributed by atoms with Crippen LogP contribution in [0.5, 0.6) is 11.5 Å². The molecule has 2 fully saturated rings. The first kappa shape index (κ1) is 21.8. The summed E-state index contributed by atoms with van der Waals surface area (Å²) in [7, 11) is 0. The van der Waals surface area contributed by atoms with Gasteiger partial charge in [0.1, 0.15) is 13.2 Å². The standard InChI is InChI=1S/C22H28N4O4S2/c27-19(14-31-21-26-25-20(32-21)23-13-16-4-3-9-28-16)24-22(7-1-2-8-22)15-5-6-17-18(12-15)30-11-10-29-17/h5-6,12,16H,1-4,7-11,13-14H2,(H,23,25)(H,24,27). The lowest BCUT2D eigenvalue weighted by Gasteiger charge is -2.32. The van der Waals surface area contributed by atoms with Crippen molar-refractivity contribution in [3.8, 4) is 11.5 Å². The molecule has 0 radical (unpaired) electrons. The van der Waals surface area contributed by atoms with Gasteiger partial charge in [-0.1, -0.05) is 42.0 Å². The lowest BCUT2D eigenvalue weighted by molar-refractivity contribution is -0.120. The molecule has 3 heterocycles. The molecule has 172 valence electrons. The zero-order chi connectivity index (χ0) is 21.8. The van der Waals surface area contributed by atoms with Gasteiger partial charge in [-0.05, 0) is 43.4 Å². The quantitative estimate of drug-likeness (QED) is 0.559. The van der Waals surface area contributed by atoms with Crippen LogP contribution in [0.25, 0.3) is 0 Å². The normalized spacial score (nSPS) is 21.4. The molecule has 3 aliphatic rings. The van der Waals surface area contributed by atoms with Gasteiger partial charge in [-0.2, -0.15) is 0 Å². The Balaban J connectivity index is 1.17. The van der Waals surface area contributed by atoms with Gasteiger partial charge in [-0.3, -0.25) is 4.79 Å². The summed E-state index contributed by atoms with van der Waals surface area (Å²) in [5.74, 6) is 1.86. The lowest BCUT2D eigenvalue weighted by Crippen LogP contribution is -2.44. The first-order valence-electron chi connectivity index (χ1n) is 11.2. The van der Waals surface area contributed by atoms with Crippen molar-refractivity contribution in [3.05, 3.63) is 23.8 Å². The van der Waals surface area contributed by atoms with Crippen LogP contribution in [0.3, 0.4) is 0 Å². The van der Waals surface area contributed by atoms with Gasteiger partial charge in [0.05, 0.1) is 17.4 Å². The highest BCUT2D eigenvalue weighted by Gasteiger charge is 2.37. The highest BCUT2D eigenvalue weighted by molar-refractivity contribution is 8.01. The van der Waals surface area contributed by atoms with Gasteiger partial charge < -0.3 is 24.8 Å². The van der Waals surface area contributed by atoms with Gasteiger partial charge in [0, 0.05) is 13.2 Å². The molecule has 2 N–H and O–H groups in total. The Morgan fingerprint density at radius 2 is 1.97 bits per heavy atom. The van der Waals surface area contributed by atoms with Crippen molar-refractivity contribution >= 4 is 34.1 Å². The smallest absolute Gasteiger partial charge is 0.231 e. The predicted octanol–water partition coefficient (Wildman–Crippen LogP) is 3.58. The largest absolute Gasteiger partial charge is 0.486 e. The van der Waals surface area contributed by atoms with Crippen LogP contribution < -0.4 is 20.1 Å². The molecule has 1 atom stereocenters. The van der Waals surface area contributed by atoms with Crippen molar-refractivity contribution in [1.29, 1.82) is 0 Å². The summed E-state index contributed by atoms with van der Waals surface area (Å²) < 4.78 is 17.8. The van der Waals surface area contributed by atoms with Crippen molar-refractivity contribution in [2.75, 3.05) is 37.4 Å². The molecular weight excluding hydrogens is 448 g/mol. The summed E-state index contributed by atoms with van der Waals surface area (Å²) in [5.41, 5.74) is 0.747. The summed E-state index contributed by atoms with van der Waals surface area (Å²) in [6.07, 6.45) is 6.50. The molecule has 1 aliphatic carbocycles. The summed E-state index contributed by atoms with van der Waals surface area (Å²) in [6, 6.07) is 6.05. The number of hydrogen-bond acceptors (Lipinski definition) is 9. The predicted molar refractivity (Wildman–Crippen MR) is 124 cm³/mol. The first-order chi connectivity index (χ1) is 15.7. The van der Waals surface area contributed by atoms with Gasteiger partial charge in [0.15, 0.2) is 15.8 Å². The summed E-state index contributed by atoms with van der Waals surface area (Å²) >= 11 is 2.90. The number of thioether (sulfide) groups is 1. The summed E-state index contributed by atoms with van der Waals surface area (Å²) in [6.45, 7) is 2.71. The zero-order valence-electron chi connectivity index (χ0n) is 17.9. The van der Waals surface area contributed by atoms with Crippen molar-refractivity contribution in [2.45, 2.75) is 54.5 Å². The number of carbonyl (C=O) groups is 1. The van der Waals surface area contributed by atoms with E-state index in [0.717, 1.165) is 78.2 Å². The number of nitrogens with one attached hydrogen (secondary N) is 2. The third kappa shape index (κ3) is 4.97. The van der Waals surface area contributed by atoms with E-state index in [-0.39, 0.29) is 17.6 Å². The highest BCUT2D eigenvalue weighted by atomic mass is 32.2. The van der Waals surface area contributed by atoms with E-state index in [4.69, 9.17) is 14.2 Å². The van der Waals surface area contributed by atoms with E-state index in [2.05, 4.69) is 26.9 Å². The van der Waals surface area contributed by atoms with Crippen LogP contribution in [0.2, 0.25) is 0 Å². The van der Waals surface area contributed by atoms with E-state index in [1.54, 1.807) is 0 Å². The van der Waals surface area contributed by atoms with Crippen molar-refractivity contribution < 1.29 is 19.0 Å². The van der Waals surface area contributed by atoms with Crippen molar-refractivity contribution in [2.24, 2.45) is 0 Å². The molecule has 32 heavy (non-hydrogen) atoms. The molecule has 5 rings (SSSR count). The van der Waals surface area contributed by atoms with Crippen LogP contribution in [0.1, 0.15) is 44.1 Å². The van der Waals surface area contributed by atoms with Crippen LogP contribution >= 0.6 is 23.1 Å². The molecule has 10 heteroatoms. The number of anilines is 1. The van der Waals surface area contributed by atoms with E-state index in [1.807, 2.05) is 12.1 Å². The Morgan fingerprint density at radius 1 is 1.12 bits per heavy atom. The molecule has 8 nitrogen and oxygen atoms in total. The van der Waals surface area contributed by atoms with Crippen LogP contribution in [-0.4, -0.2) is 54.3 Å². The van der Waals surface area contributed by atoms with Gasteiger partial charge in [0.25, 0.3) is 0 Å². The topological polar surface area (TPSA) is 94.6 Å². The second kappa shape index (κ2) is 9.84. The van der Waals surface area contributed by atoms with Gasteiger partial charge in [0.2, 0.25) is 11.0 Å². The van der Waals surface area contributed by atoms with E-state index in [0.29, 0.717) is 19.0 Å². The molecule has 1 aromatic heterocycles. The number of rotatable bonds is 8. The minimum absolute atomic E-state index is 0.0100. The Morgan fingerprint density at radius 3 is 2.78 bits per heavy atom. The third-order valence-corrected chi connectivity index (χ3v) is 8.18. The van der Waals surface area contributed by atoms with Crippen molar-refractivity contribution in [1.82, 2.24) is 15.5 Å². The van der Waals surface area contributed by atoms with Crippen LogP contribution in [0.4, 0.5) is 5.13 Å². The maximum absolute atomic E-state index is 12.9. The Labute approximate surface area is 195 Å². The minimum Gasteiger partial charge on any atom is -0.486 e. The number of nitrogens with zero attached hydrogens (tertiary/aromatic N) is 2. The maximum atomic E-state index is 12.9. The molecule has 1 unspecified atom stereocenters. The third-order valence-electron chi connectivity index (χ3n) is 6.17. The average molecular weight is 477 g/mol. The SMILES string of the molecule is O=C(CSc1nnc(NCC2CCCO2)s1)NC1(c2ccc3c(c2)OCCO3)CCCC1. The Hall–Kier alpha value is -2.04. The number of hydrogen-bond donors (Lipinski definition) is 2. The minimum atomic E-state index is -0.345. The van der Waals surface area contributed by atoms with Crippen LogP contribution in [-0.2, 0) is 15.1 Å². The summed E-state index contributed by atoms with van der Waals surface area (Å²) in [4.78, 5) is 12.9. The average Bonchev–Trinajstić information content (AvgIpc) is 3.59.